The molecule has 0 saturated carbocycles. The SMILES string of the molecule is CC(C)c1cccc(Oc2cnn(-c3ccccc3)c(=O)c2Nc2cccc(C(=O)NCC3CCCO3)c2)c1. The van der Waals surface area contributed by atoms with E-state index in [-0.39, 0.29) is 29.0 Å². The van der Waals surface area contributed by atoms with Crippen LogP contribution in [0.3, 0.4) is 0 Å². The number of ether oxygens (including phenoxy) is 2. The zero-order chi connectivity index (χ0) is 27.2. The number of amides is 1. The highest BCUT2D eigenvalue weighted by Crippen LogP contribution is 2.30. The Hall–Kier alpha value is -4.43. The van der Waals surface area contributed by atoms with Crippen LogP contribution in [0.5, 0.6) is 11.5 Å². The Balaban J connectivity index is 1.46. The molecular weight excluding hydrogens is 492 g/mol. The minimum absolute atomic E-state index is 0.0532. The second kappa shape index (κ2) is 12.0. The summed E-state index contributed by atoms with van der Waals surface area (Å²) in [6, 6.07) is 24.0. The molecule has 0 radical (unpaired) electrons. The van der Waals surface area contributed by atoms with Gasteiger partial charge in [-0.25, -0.2) is 0 Å². The summed E-state index contributed by atoms with van der Waals surface area (Å²) in [5, 5.41) is 10.5. The number of rotatable bonds is 9. The van der Waals surface area contributed by atoms with Gasteiger partial charge in [0.05, 0.1) is 18.0 Å². The number of hydrogen-bond acceptors (Lipinski definition) is 6. The average molecular weight is 525 g/mol. The zero-order valence-electron chi connectivity index (χ0n) is 22.1. The molecule has 1 amide bonds. The first-order valence-corrected chi connectivity index (χ1v) is 13.2. The minimum Gasteiger partial charge on any atom is -0.453 e. The van der Waals surface area contributed by atoms with E-state index in [4.69, 9.17) is 9.47 Å². The fourth-order valence-electron chi connectivity index (χ4n) is 4.44. The molecule has 1 unspecified atom stereocenters. The topological polar surface area (TPSA) is 94.5 Å². The van der Waals surface area contributed by atoms with Crippen molar-refractivity contribution in [1.82, 2.24) is 15.1 Å². The molecule has 1 fully saturated rings. The first-order valence-electron chi connectivity index (χ1n) is 13.2. The fourth-order valence-corrected chi connectivity index (χ4v) is 4.44. The van der Waals surface area contributed by atoms with E-state index in [0.29, 0.717) is 35.2 Å². The van der Waals surface area contributed by atoms with Crippen molar-refractivity contribution in [2.24, 2.45) is 0 Å². The van der Waals surface area contributed by atoms with Gasteiger partial charge in [-0.05, 0) is 66.8 Å². The number of nitrogens with zero attached hydrogens (tertiary/aromatic N) is 2. The number of carbonyl (C=O) groups is 1. The van der Waals surface area contributed by atoms with Crippen LogP contribution in [0.4, 0.5) is 11.4 Å². The lowest BCUT2D eigenvalue weighted by Crippen LogP contribution is -2.31. The van der Waals surface area contributed by atoms with Gasteiger partial charge in [0, 0.05) is 24.4 Å². The summed E-state index contributed by atoms with van der Waals surface area (Å²) in [7, 11) is 0. The van der Waals surface area contributed by atoms with Crippen LogP contribution in [-0.2, 0) is 4.74 Å². The molecule has 1 aliphatic heterocycles. The number of nitrogens with one attached hydrogen (secondary N) is 2. The highest BCUT2D eigenvalue weighted by atomic mass is 16.5. The van der Waals surface area contributed by atoms with Crippen molar-refractivity contribution >= 4 is 17.3 Å². The van der Waals surface area contributed by atoms with Crippen molar-refractivity contribution in [3.63, 3.8) is 0 Å². The molecule has 2 heterocycles. The van der Waals surface area contributed by atoms with E-state index in [9.17, 15) is 9.59 Å². The van der Waals surface area contributed by atoms with E-state index in [1.807, 2.05) is 54.6 Å². The number of hydrogen-bond donors (Lipinski definition) is 2. The lowest BCUT2D eigenvalue weighted by Gasteiger charge is -2.16. The molecule has 5 rings (SSSR count). The number of carbonyl (C=O) groups excluding carboxylic acids is 1. The summed E-state index contributed by atoms with van der Waals surface area (Å²) < 4.78 is 13.1. The second-order valence-corrected chi connectivity index (χ2v) is 9.82. The lowest BCUT2D eigenvalue weighted by atomic mass is 10.0. The minimum atomic E-state index is -0.382. The fraction of sp³-hybridized carbons (Fsp3) is 0.258. The maximum absolute atomic E-state index is 13.7. The van der Waals surface area contributed by atoms with E-state index < -0.39 is 0 Å². The van der Waals surface area contributed by atoms with Crippen LogP contribution in [0.2, 0.25) is 0 Å². The van der Waals surface area contributed by atoms with Gasteiger partial charge in [-0.2, -0.15) is 9.78 Å². The Kier molecular flexibility index (Phi) is 8.03. The van der Waals surface area contributed by atoms with E-state index >= 15 is 0 Å². The Morgan fingerprint density at radius 1 is 1.08 bits per heavy atom. The van der Waals surface area contributed by atoms with Gasteiger partial charge in [0.2, 0.25) is 0 Å². The number of anilines is 2. The third-order valence-corrected chi connectivity index (χ3v) is 6.60. The van der Waals surface area contributed by atoms with Crippen molar-refractivity contribution in [1.29, 1.82) is 0 Å². The molecule has 1 atom stereocenters. The number of aromatic nitrogens is 2. The normalized spacial score (nSPS) is 14.8. The Labute approximate surface area is 227 Å². The molecule has 3 aromatic carbocycles. The predicted octanol–water partition coefficient (Wildman–Crippen LogP) is 5.80. The van der Waals surface area contributed by atoms with Crippen LogP contribution in [0, 0.1) is 0 Å². The molecular formula is C31H32N4O4. The maximum Gasteiger partial charge on any atom is 0.299 e. The van der Waals surface area contributed by atoms with E-state index in [2.05, 4.69) is 29.6 Å². The molecule has 1 aromatic heterocycles. The summed E-state index contributed by atoms with van der Waals surface area (Å²) in [6.07, 6.45) is 3.54. The third kappa shape index (κ3) is 6.35. The van der Waals surface area contributed by atoms with Crippen molar-refractivity contribution in [2.45, 2.75) is 38.7 Å². The van der Waals surface area contributed by atoms with Crippen molar-refractivity contribution < 1.29 is 14.3 Å². The van der Waals surface area contributed by atoms with E-state index in [1.165, 1.54) is 10.9 Å². The van der Waals surface area contributed by atoms with Crippen LogP contribution in [-0.4, -0.2) is 34.9 Å². The first kappa shape index (κ1) is 26.2. The largest absolute Gasteiger partial charge is 0.453 e. The molecule has 1 saturated heterocycles. The van der Waals surface area contributed by atoms with Crippen LogP contribution in [0.25, 0.3) is 5.69 Å². The van der Waals surface area contributed by atoms with Gasteiger partial charge in [0.1, 0.15) is 5.75 Å². The smallest absolute Gasteiger partial charge is 0.299 e. The predicted molar refractivity (Wildman–Crippen MR) is 151 cm³/mol. The van der Waals surface area contributed by atoms with Gasteiger partial charge in [0.15, 0.2) is 11.4 Å². The molecule has 4 aromatic rings. The van der Waals surface area contributed by atoms with Gasteiger partial charge in [-0.3, -0.25) is 9.59 Å². The first-order chi connectivity index (χ1) is 19.0. The summed E-state index contributed by atoms with van der Waals surface area (Å²) in [5.41, 5.74) is 2.62. The molecule has 200 valence electrons. The number of para-hydroxylation sites is 1. The van der Waals surface area contributed by atoms with Crippen LogP contribution < -0.4 is 20.9 Å². The third-order valence-electron chi connectivity index (χ3n) is 6.60. The zero-order valence-corrected chi connectivity index (χ0v) is 22.1. The molecule has 8 heteroatoms. The Morgan fingerprint density at radius 3 is 2.67 bits per heavy atom. The molecule has 8 nitrogen and oxygen atoms in total. The summed E-state index contributed by atoms with van der Waals surface area (Å²) in [5.74, 6) is 1.00. The molecule has 39 heavy (non-hydrogen) atoms. The maximum atomic E-state index is 13.7. The van der Waals surface area contributed by atoms with E-state index in [1.54, 1.807) is 24.3 Å². The van der Waals surface area contributed by atoms with Crippen molar-refractivity contribution in [2.75, 3.05) is 18.5 Å². The molecule has 2 N–H and O–H groups in total. The Bertz CT molecular complexity index is 1490. The monoisotopic (exact) mass is 524 g/mol. The van der Waals surface area contributed by atoms with Gasteiger partial charge in [-0.1, -0.05) is 50.2 Å². The van der Waals surface area contributed by atoms with Gasteiger partial charge < -0.3 is 20.1 Å². The summed E-state index contributed by atoms with van der Waals surface area (Å²) in [6.45, 7) is 5.42. The van der Waals surface area contributed by atoms with E-state index in [0.717, 1.165) is 25.0 Å². The standard InChI is InChI=1S/C31H32N4O4/c1-21(2)22-9-7-14-26(18-22)39-28-20-33-35(25-12-4-3-5-13-25)31(37)29(28)34-24-11-6-10-23(17-24)30(36)32-19-27-15-8-16-38-27/h3-7,9-14,17-18,20-21,27,34H,8,15-16,19H2,1-2H3,(H,32,36). The van der Waals surface area contributed by atoms with Gasteiger partial charge in [0.25, 0.3) is 11.5 Å². The number of benzene rings is 3. The lowest BCUT2D eigenvalue weighted by molar-refractivity contribution is 0.0858. The van der Waals surface area contributed by atoms with Crippen LogP contribution >= 0.6 is 0 Å². The van der Waals surface area contributed by atoms with Gasteiger partial charge >= 0.3 is 0 Å². The van der Waals surface area contributed by atoms with Crippen molar-refractivity contribution in [3.05, 3.63) is 107 Å². The molecule has 0 aliphatic carbocycles. The van der Waals surface area contributed by atoms with Gasteiger partial charge in [-0.15, -0.1) is 0 Å². The highest BCUT2D eigenvalue weighted by molar-refractivity contribution is 5.95. The molecule has 0 bridgehead atoms. The summed E-state index contributed by atoms with van der Waals surface area (Å²) >= 11 is 0. The average Bonchev–Trinajstić information content (AvgIpc) is 3.48. The van der Waals surface area contributed by atoms with Crippen molar-refractivity contribution in [3.8, 4) is 17.2 Å². The second-order valence-electron chi connectivity index (χ2n) is 9.82. The van der Waals surface area contributed by atoms with Crippen LogP contribution in [0.1, 0.15) is 48.5 Å². The quantitative estimate of drug-likeness (QED) is 0.287. The Morgan fingerprint density at radius 2 is 1.90 bits per heavy atom. The summed E-state index contributed by atoms with van der Waals surface area (Å²) in [4.78, 5) is 26.5. The molecule has 1 aliphatic rings. The van der Waals surface area contributed by atoms with Crippen LogP contribution in [0.15, 0.2) is 89.9 Å². The highest BCUT2D eigenvalue weighted by Gasteiger charge is 2.18. The molecule has 0 spiro atoms.